The van der Waals surface area contributed by atoms with E-state index in [1.54, 1.807) is 6.20 Å². The first-order chi connectivity index (χ1) is 14.2. The summed E-state index contributed by atoms with van der Waals surface area (Å²) in [5, 5.41) is 3.27. The van der Waals surface area contributed by atoms with E-state index in [4.69, 9.17) is 14.7 Å². The third-order valence-electron chi connectivity index (χ3n) is 4.88. The first-order valence-corrected chi connectivity index (χ1v) is 10.6. The van der Waals surface area contributed by atoms with E-state index in [2.05, 4.69) is 36.0 Å². The number of ether oxygens (including phenoxy) is 1. The summed E-state index contributed by atoms with van der Waals surface area (Å²) in [7, 11) is 4.03. The SMILES string of the molecule is CN(C)CCOc1ccnc(-c2nc3c(c(NCC(=O)CC(C)(C)C)n2)CCC3)c1. The fourth-order valence-electron chi connectivity index (χ4n) is 3.50. The van der Waals surface area contributed by atoms with Crippen molar-refractivity contribution in [2.24, 2.45) is 5.41 Å². The van der Waals surface area contributed by atoms with Crippen LogP contribution >= 0.6 is 0 Å². The van der Waals surface area contributed by atoms with E-state index in [1.807, 2.05) is 26.2 Å². The van der Waals surface area contributed by atoms with Gasteiger partial charge in [0.2, 0.25) is 0 Å². The highest BCUT2D eigenvalue weighted by Gasteiger charge is 2.22. The molecule has 0 aromatic carbocycles. The number of nitrogens with zero attached hydrogens (tertiary/aromatic N) is 4. The predicted molar refractivity (Wildman–Crippen MR) is 119 cm³/mol. The maximum absolute atomic E-state index is 12.3. The summed E-state index contributed by atoms with van der Waals surface area (Å²) >= 11 is 0. The van der Waals surface area contributed by atoms with Crippen LogP contribution in [0.5, 0.6) is 5.75 Å². The second-order valence-corrected chi connectivity index (χ2v) is 9.33. The number of hydrogen-bond donors (Lipinski definition) is 1. The molecule has 1 aliphatic carbocycles. The molecule has 0 spiro atoms. The summed E-state index contributed by atoms with van der Waals surface area (Å²) in [4.78, 5) is 28.4. The molecule has 1 aliphatic rings. The van der Waals surface area contributed by atoms with Crippen molar-refractivity contribution in [2.45, 2.75) is 46.5 Å². The van der Waals surface area contributed by atoms with Crippen molar-refractivity contribution in [3.05, 3.63) is 29.6 Å². The molecule has 2 heterocycles. The molecule has 0 amide bonds. The van der Waals surface area contributed by atoms with Crippen LogP contribution in [0.15, 0.2) is 18.3 Å². The molecule has 0 fully saturated rings. The first-order valence-electron chi connectivity index (χ1n) is 10.6. The van der Waals surface area contributed by atoms with Crippen molar-refractivity contribution in [1.29, 1.82) is 0 Å². The van der Waals surface area contributed by atoms with Gasteiger partial charge in [0.1, 0.15) is 23.9 Å². The molecule has 0 radical (unpaired) electrons. The van der Waals surface area contributed by atoms with E-state index >= 15 is 0 Å². The number of fused-ring (bicyclic) bond motifs is 1. The summed E-state index contributed by atoms with van der Waals surface area (Å²) in [5.41, 5.74) is 2.83. The lowest BCUT2D eigenvalue weighted by atomic mass is 9.90. The average molecular weight is 412 g/mol. The Hall–Kier alpha value is -2.54. The fourth-order valence-corrected chi connectivity index (χ4v) is 3.50. The number of rotatable bonds is 9. The van der Waals surface area contributed by atoms with Gasteiger partial charge in [0.25, 0.3) is 0 Å². The minimum atomic E-state index is -0.0194. The van der Waals surface area contributed by atoms with Crippen LogP contribution in [-0.2, 0) is 17.6 Å². The number of pyridine rings is 1. The van der Waals surface area contributed by atoms with Gasteiger partial charge in [-0.25, -0.2) is 9.97 Å². The zero-order chi connectivity index (χ0) is 21.7. The van der Waals surface area contributed by atoms with Crippen LogP contribution < -0.4 is 10.1 Å². The number of hydrogen-bond acceptors (Lipinski definition) is 7. The molecule has 0 aliphatic heterocycles. The molecule has 1 N–H and O–H groups in total. The second kappa shape index (κ2) is 9.51. The summed E-state index contributed by atoms with van der Waals surface area (Å²) in [6.45, 7) is 7.94. The predicted octanol–water partition coefficient (Wildman–Crippen LogP) is 3.38. The monoisotopic (exact) mass is 411 g/mol. The Bertz CT molecular complexity index is 890. The number of aromatic nitrogens is 3. The van der Waals surface area contributed by atoms with Crippen LogP contribution in [0, 0.1) is 5.41 Å². The number of ketones is 1. The van der Waals surface area contributed by atoms with Crippen molar-refractivity contribution in [1.82, 2.24) is 19.9 Å². The largest absolute Gasteiger partial charge is 0.492 e. The second-order valence-electron chi connectivity index (χ2n) is 9.33. The number of aryl methyl sites for hydroxylation is 1. The van der Waals surface area contributed by atoms with Gasteiger partial charge < -0.3 is 15.0 Å². The highest BCUT2D eigenvalue weighted by molar-refractivity contribution is 5.83. The molecule has 3 rings (SSSR count). The molecule has 0 atom stereocenters. The highest BCUT2D eigenvalue weighted by atomic mass is 16.5. The normalized spacial score (nSPS) is 13.4. The van der Waals surface area contributed by atoms with Crippen LogP contribution in [-0.4, -0.2) is 59.4 Å². The topological polar surface area (TPSA) is 80.2 Å². The number of carbonyl (C=O) groups is 1. The van der Waals surface area contributed by atoms with Gasteiger partial charge in [0.15, 0.2) is 11.6 Å². The van der Waals surface area contributed by atoms with E-state index in [9.17, 15) is 4.79 Å². The van der Waals surface area contributed by atoms with Crippen molar-refractivity contribution < 1.29 is 9.53 Å². The van der Waals surface area contributed by atoms with E-state index in [1.165, 1.54) is 0 Å². The third-order valence-corrected chi connectivity index (χ3v) is 4.88. The van der Waals surface area contributed by atoms with Crippen LogP contribution in [0.25, 0.3) is 11.5 Å². The van der Waals surface area contributed by atoms with E-state index < -0.39 is 0 Å². The zero-order valence-electron chi connectivity index (χ0n) is 18.8. The van der Waals surface area contributed by atoms with Gasteiger partial charge in [0.05, 0.1) is 6.54 Å². The van der Waals surface area contributed by atoms with Gasteiger partial charge in [-0.2, -0.15) is 0 Å². The molecule has 0 saturated carbocycles. The molecular weight excluding hydrogens is 378 g/mol. The van der Waals surface area contributed by atoms with Crippen LogP contribution in [0.3, 0.4) is 0 Å². The fraction of sp³-hybridized carbons (Fsp3) is 0.565. The van der Waals surface area contributed by atoms with Crippen molar-refractivity contribution in [3.8, 4) is 17.3 Å². The standard InChI is InChI=1S/C23H33N5O2/c1-23(2,3)14-16(29)15-25-21-18-7-6-8-19(18)26-22(27-21)20-13-17(9-10-24-20)30-12-11-28(4)5/h9-10,13H,6-8,11-12,14-15H2,1-5H3,(H,25,26,27). The quantitative estimate of drug-likeness (QED) is 0.677. The molecule has 0 saturated heterocycles. The highest BCUT2D eigenvalue weighted by Crippen LogP contribution is 2.29. The first kappa shape index (κ1) is 22.2. The zero-order valence-corrected chi connectivity index (χ0v) is 18.8. The minimum Gasteiger partial charge on any atom is -0.492 e. The lowest BCUT2D eigenvalue weighted by Crippen LogP contribution is -2.21. The van der Waals surface area contributed by atoms with Crippen molar-refractivity contribution >= 4 is 11.6 Å². The van der Waals surface area contributed by atoms with Crippen molar-refractivity contribution in [2.75, 3.05) is 39.1 Å². The maximum atomic E-state index is 12.3. The number of likely N-dealkylation sites (N-methyl/N-ethyl adjacent to an activating group) is 1. The minimum absolute atomic E-state index is 0.0194. The van der Waals surface area contributed by atoms with Gasteiger partial charge in [0, 0.05) is 36.5 Å². The Kier molecular flexibility index (Phi) is 7.02. The van der Waals surface area contributed by atoms with E-state index in [0.717, 1.165) is 48.6 Å². The molecule has 7 nitrogen and oxygen atoms in total. The molecule has 2 aromatic rings. The Labute approximate surface area is 179 Å². The summed E-state index contributed by atoms with van der Waals surface area (Å²) in [5.74, 6) is 2.26. The number of Topliss-reactive ketones (excluding diaryl/α,β-unsaturated/α-hetero) is 1. The smallest absolute Gasteiger partial charge is 0.180 e. The van der Waals surface area contributed by atoms with Crippen molar-refractivity contribution in [3.63, 3.8) is 0 Å². The molecule has 0 unspecified atom stereocenters. The average Bonchev–Trinajstić information content (AvgIpc) is 3.13. The Morgan fingerprint density at radius 2 is 2.03 bits per heavy atom. The van der Waals surface area contributed by atoms with E-state index in [0.29, 0.717) is 24.5 Å². The maximum Gasteiger partial charge on any atom is 0.180 e. The van der Waals surface area contributed by atoms with Gasteiger partial charge in [-0.1, -0.05) is 20.8 Å². The van der Waals surface area contributed by atoms with Crippen LogP contribution in [0.4, 0.5) is 5.82 Å². The molecule has 162 valence electrons. The van der Waals surface area contributed by atoms with Gasteiger partial charge in [-0.15, -0.1) is 0 Å². The van der Waals surface area contributed by atoms with Gasteiger partial charge in [-0.05, 0) is 44.8 Å². The van der Waals surface area contributed by atoms with Crippen LogP contribution in [0.1, 0.15) is 44.9 Å². The lowest BCUT2D eigenvalue weighted by Gasteiger charge is -2.17. The van der Waals surface area contributed by atoms with Gasteiger partial charge in [-0.3, -0.25) is 9.78 Å². The Morgan fingerprint density at radius 3 is 2.77 bits per heavy atom. The molecule has 0 bridgehead atoms. The van der Waals surface area contributed by atoms with Crippen LogP contribution in [0.2, 0.25) is 0 Å². The number of nitrogens with one attached hydrogen (secondary N) is 1. The number of carbonyl (C=O) groups excluding carboxylic acids is 1. The molecule has 7 heteroatoms. The lowest BCUT2D eigenvalue weighted by molar-refractivity contribution is -0.119. The number of anilines is 1. The Morgan fingerprint density at radius 1 is 1.23 bits per heavy atom. The van der Waals surface area contributed by atoms with E-state index in [-0.39, 0.29) is 17.7 Å². The summed E-state index contributed by atoms with van der Waals surface area (Å²) in [6.07, 6.45) is 5.17. The summed E-state index contributed by atoms with van der Waals surface area (Å²) < 4.78 is 5.83. The molecule has 30 heavy (non-hydrogen) atoms. The third kappa shape index (κ3) is 6.23. The Balaban J connectivity index is 1.78. The summed E-state index contributed by atoms with van der Waals surface area (Å²) in [6, 6.07) is 3.72. The molecule has 2 aromatic heterocycles. The molecular formula is C23H33N5O2. The van der Waals surface area contributed by atoms with Gasteiger partial charge >= 0.3 is 0 Å².